The molecule has 1 N–H and O–H groups in total. The van der Waals surface area contributed by atoms with Crippen molar-refractivity contribution in [2.45, 2.75) is 6.54 Å². The zero-order chi connectivity index (χ0) is 15.2. The van der Waals surface area contributed by atoms with Gasteiger partial charge < -0.3 is 10.1 Å². The minimum absolute atomic E-state index is 0.0109. The van der Waals surface area contributed by atoms with Crippen LogP contribution in [0.4, 0.5) is 5.69 Å². The molecule has 6 heteroatoms. The summed E-state index contributed by atoms with van der Waals surface area (Å²) in [5.74, 6) is 0.899. The van der Waals surface area contributed by atoms with Crippen LogP contribution in [-0.4, -0.2) is 12.0 Å². The molecule has 0 aromatic heterocycles. The molecule has 0 atom stereocenters. The van der Waals surface area contributed by atoms with Gasteiger partial charge in [0.25, 0.3) is 5.69 Å². The van der Waals surface area contributed by atoms with Crippen molar-refractivity contribution in [3.05, 3.63) is 63.7 Å². The molecule has 106 valence electrons. The molecule has 0 saturated heterocycles. The summed E-state index contributed by atoms with van der Waals surface area (Å²) in [7, 11) is 1.86. The highest BCUT2D eigenvalue weighted by atomic mass is 16.6. The first kappa shape index (κ1) is 14.5. The minimum atomic E-state index is -0.596. The summed E-state index contributed by atoms with van der Waals surface area (Å²) in [5, 5.41) is 22.8. The Kier molecular flexibility index (Phi) is 4.49. The van der Waals surface area contributed by atoms with Crippen molar-refractivity contribution < 1.29 is 9.66 Å². The quantitative estimate of drug-likeness (QED) is 0.673. The Hall–Kier alpha value is -2.91. The molecule has 0 fully saturated rings. The largest absolute Gasteiger partial charge is 0.457 e. The third kappa shape index (κ3) is 3.55. The van der Waals surface area contributed by atoms with Gasteiger partial charge in [-0.1, -0.05) is 12.1 Å². The van der Waals surface area contributed by atoms with Gasteiger partial charge in [0.2, 0.25) is 0 Å². The second-order valence-corrected chi connectivity index (χ2v) is 4.32. The maximum atomic E-state index is 10.9. The number of nitriles is 1. The average molecular weight is 283 g/mol. The van der Waals surface area contributed by atoms with Crippen LogP contribution in [0.1, 0.15) is 11.1 Å². The van der Waals surface area contributed by atoms with Gasteiger partial charge in [-0.2, -0.15) is 5.26 Å². The first-order valence-corrected chi connectivity index (χ1v) is 6.24. The van der Waals surface area contributed by atoms with Crippen LogP contribution in [0.15, 0.2) is 42.5 Å². The summed E-state index contributed by atoms with van der Waals surface area (Å²) >= 11 is 0. The van der Waals surface area contributed by atoms with E-state index in [0.717, 1.165) is 12.1 Å². The first-order valence-electron chi connectivity index (χ1n) is 6.24. The Balaban J connectivity index is 2.21. The zero-order valence-corrected chi connectivity index (χ0v) is 11.4. The molecule has 0 unspecified atom stereocenters. The number of nitrogens with one attached hydrogen (secondary N) is 1. The molecule has 0 radical (unpaired) electrons. The van der Waals surface area contributed by atoms with Crippen molar-refractivity contribution in [1.29, 1.82) is 5.26 Å². The van der Waals surface area contributed by atoms with Crippen molar-refractivity contribution >= 4 is 5.69 Å². The van der Waals surface area contributed by atoms with Crippen molar-refractivity contribution in [2.24, 2.45) is 0 Å². The number of nitro benzene ring substituents is 1. The van der Waals surface area contributed by atoms with Gasteiger partial charge in [-0.05, 0) is 36.9 Å². The highest BCUT2D eigenvalue weighted by molar-refractivity contribution is 5.53. The SMILES string of the molecule is CNCc1ccc(Oc2ccc(C#N)c([N+](=O)[O-])c2)cc1. The van der Waals surface area contributed by atoms with Gasteiger partial charge in [-0.3, -0.25) is 10.1 Å². The lowest BCUT2D eigenvalue weighted by molar-refractivity contribution is -0.385. The molecule has 0 aliphatic rings. The van der Waals surface area contributed by atoms with Crippen LogP contribution in [0.25, 0.3) is 0 Å². The van der Waals surface area contributed by atoms with Gasteiger partial charge in [-0.15, -0.1) is 0 Å². The van der Waals surface area contributed by atoms with Crippen molar-refractivity contribution in [1.82, 2.24) is 5.32 Å². The monoisotopic (exact) mass is 283 g/mol. The second kappa shape index (κ2) is 6.50. The topological polar surface area (TPSA) is 88.2 Å². The van der Waals surface area contributed by atoms with Gasteiger partial charge >= 0.3 is 0 Å². The van der Waals surface area contributed by atoms with Crippen LogP contribution >= 0.6 is 0 Å². The Morgan fingerprint density at radius 2 is 1.90 bits per heavy atom. The Bertz CT molecular complexity index is 690. The van der Waals surface area contributed by atoms with Crippen LogP contribution < -0.4 is 10.1 Å². The minimum Gasteiger partial charge on any atom is -0.457 e. The molecule has 0 heterocycles. The van der Waals surface area contributed by atoms with Crippen LogP contribution in [0.2, 0.25) is 0 Å². The predicted molar refractivity (Wildman–Crippen MR) is 77.1 cm³/mol. The number of ether oxygens (including phenoxy) is 1. The van der Waals surface area contributed by atoms with Gasteiger partial charge in [0, 0.05) is 6.54 Å². The van der Waals surface area contributed by atoms with Crippen LogP contribution in [0, 0.1) is 21.4 Å². The van der Waals surface area contributed by atoms with Crippen LogP contribution in [0.5, 0.6) is 11.5 Å². The highest BCUT2D eigenvalue weighted by Crippen LogP contribution is 2.28. The molecular formula is C15H13N3O3. The number of benzene rings is 2. The summed E-state index contributed by atoms with van der Waals surface area (Å²) in [6.07, 6.45) is 0. The molecule has 0 aliphatic heterocycles. The number of rotatable bonds is 5. The summed E-state index contributed by atoms with van der Waals surface area (Å²) in [4.78, 5) is 10.3. The third-order valence-corrected chi connectivity index (χ3v) is 2.83. The summed E-state index contributed by atoms with van der Waals surface area (Å²) in [6, 6.07) is 13.3. The van der Waals surface area contributed by atoms with E-state index in [0.29, 0.717) is 11.5 Å². The molecule has 0 aliphatic carbocycles. The smallest absolute Gasteiger partial charge is 0.290 e. The molecule has 6 nitrogen and oxygen atoms in total. The maximum Gasteiger partial charge on any atom is 0.290 e. The van der Waals surface area contributed by atoms with Gasteiger partial charge in [0.15, 0.2) is 0 Å². The molecule has 0 saturated carbocycles. The lowest BCUT2D eigenvalue weighted by atomic mass is 10.2. The standard InChI is InChI=1S/C15H13N3O3/c1-17-10-11-2-5-13(6-3-11)21-14-7-4-12(9-16)15(8-14)18(19)20/h2-8,17H,10H2,1H3. The van der Waals surface area contributed by atoms with Gasteiger partial charge in [0.1, 0.15) is 23.1 Å². The Morgan fingerprint density at radius 3 is 2.48 bits per heavy atom. The first-order chi connectivity index (χ1) is 10.1. The van der Waals surface area contributed by atoms with E-state index in [9.17, 15) is 10.1 Å². The van der Waals surface area contributed by atoms with Gasteiger partial charge in [-0.25, -0.2) is 0 Å². The lowest BCUT2D eigenvalue weighted by Crippen LogP contribution is -2.04. The van der Waals surface area contributed by atoms with E-state index >= 15 is 0 Å². The average Bonchev–Trinajstić information content (AvgIpc) is 2.49. The van der Waals surface area contributed by atoms with E-state index in [4.69, 9.17) is 10.00 Å². The lowest BCUT2D eigenvalue weighted by Gasteiger charge is -2.07. The molecule has 0 amide bonds. The van der Waals surface area contributed by atoms with Crippen molar-refractivity contribution in [2.75, 3.05) is 7.05 Å². The van der Waals surface area contributed by atoms with E-state index in [2.05, 4.69) is 5.32 Å². The van der Waals surface area contributed by atoms with Crippen molar-refractivity contribution in [3.8, 4) is 17.6 Å². The summed E-state index contributed by atoms with van der Waals surface area (Å²) in [5.41, 5.74) is 0.856. The second-order valence-electron chi connectivity index (χ2n) is 4.32. The van der Waals surface area contributed by atoms with Crippen LogP contribution in [0.3, 0.4) is 0 Å². The molecule has 21 heavy (non-hydrogen) atoms. The van der Waals surface area contributed by atoms with E-state index in [-0.39, 0.29) is 11.3 Å². The molecule has 2 rings (SSSR count). The molecule has 2 aromatic rings. The van der Waals surface area contributed by atoms with Gasteiger partial charge in [0.05, 0.1) is 11.0 Å². The molecule has 0 spiro atoms. The number of hydrogen-bond acceptors (Lipinski definition) is 5. The normalized spacial score (nSPS) is 9.90. The molecule has 0 bridgehead atoms. The maximum absolute atomic E-state index is 10.9. The predicted octanol–water partition coefficient (Wildman–Crippen LogP) is 2.98. The van der Waals surface area contributed by atoms with Crippen molar-refractivity contribution in [3.63, 3.8) is 0 Å². The Labute approximate surface area is 121 Å². The summed E-state index contributed by atoms with van der Waals surface area (Å²) < 4.78 is 5.57. The van der Waals surface area contributed by atoms with Crippen LogP contribution in [-0.2, 0) is 6.54 Å². The van der Waals surface area contributed by atoms with E-state index in [1.807, 2.05) is 19.2 Å². The number of hydrogen-bond donors (Lipinski definition) is 1. The van der Waals surface area contributed by atoms with E-state index in [1.54, 1.807) is 18.2 Å². The number of nitrogens with zero attached hydrogens (tertiary/aromatic N) is 2. The number of nitro groups is 1. The fraction of sp³-hybridized carbons (Fsp3) is 0.133. The van der Waals surface area contributed by atoms with E-state index in [1.165, 1.54) is 18.2 Å². The zero-order valence-electron chi connectivity index (χ0n) is 11.4. The third-order valence-electron chi connectivity index (χ3n) is 2.83. The molecular weight excluding hydrogens is 270 g/mol. The summed E-state index contributed by atoms with van der Waals surface area (Å²) in [6.45, 7) is 0.753. The van der Waals surface area contributed by atoms with E-state index < -0.39 is 4.92 Å². The Morgan fingerprint density at radius 1 is 1.24 bits per heavy atom. The highest BCUT2D eigenvalue weighted by Gasteiger charge is 2.15. The molecule has 2 aromatic carbocycles. The fourth-order valence-electron chi connectivity index (χ4n) is 1.84. The fourth-order valence-corrected chi connectivity index (χ4v) is 1.84.